The van der Waals surface area contributed by atoms with Crippen LogP contribution in [0.4, 0.5) is 0 Å². The summed E-state index contributed by atoms with van der Waals surface area (Å²) < 4.78 is 16.9. The summed E-state index contributed by atoms with van der Waals surface area (Å²) in [5.74, 6) is -0.971. The highest BCUT2D eigenvalue weighted by atomic mass is 16.6. The summed E-state index contributed by atoms with van der Waals surface area (Å²) in [6.45, 7) is 6.48. The quantitative estimate of drug-likeness (QED) is 0.0261. The van der Waals surface area contributed by atoms with Gasteiger partial charge in [-0.3, -0.25) is 14.4 Å². The van der Waals surface area contributed by atoms with Crippen LogP contribution in [-0.4, -0.2) is 37.2 Å². The summed E-state index contributed by atoms with van der Waals surface area (Å²) >= 11 is 0. The average molecular weight is 1130 g/mol. The van der Waals surface area contributed by atoms with Crippen molar-refractivity contribution in [3.63, 3.8) is 0 Å². The zero-order valence-corrected chi connectivity index (χ0v) is 53.8. The molecule has 0 aliphatic heterocycles. The zero-order valence-electron chi connectivity index (χ0n) is 53.8. The van der Waals surface area contributed by atoms with Crippen LogP contribution in [0.1, 0.15) is 355 Å². The summed E-state index contributed by atoms with van der Waals surface area (Å²) in [5.41, 5.74) is 0. The molecule has 0 fully saturated rings. The molecule has 0 bridgehead atoms. The van der Waals surface area contributed by atoms with E-state index < -0.39 is 6.10 Å². The van der Waals surface area contributed by atoms with Gasteiger partial charge < -0.3 is 14.2 Å². The first kappa shape index (κ1) is 77.6. The monoisotopic (exact) mass is 1130 g/mol. The van der Waals surface area contributed by atoms with Gasteiger partial charge in [0.15, 0.2) is 6.10 Å². The largest absolute Gasteiger partial charge is 0.462 e. The Balaban J connectivity index is 4.17. The molecular formula is C75H132O6. The molecule has 1 unspecified atom stereocenters. The Hall–Kier alpha value is -3.41. The first-order chi connectivity index (χ1) is 40.0. The van der Waals surface area contributed by atoms with Gasteiger partial charge in [0.1, 0.15) is 13.2 Å². The van der Waals surface area contributed by atoms with Crippen LogP contribution in [0.2, 0.25) is 0 Å². The molecule has 0 aromatic heterocycles. The van der Waals surface area contributed by atoms with E-state index in [1.165, 1.54) is 238 Å². The fraction of sp³-hybridized carbons (Fsp3) is 0.773. The van der Waals surface area contributed by atoms with Crippen LogP contribution in [0.5, 0.6) is 0 Å². The van der Waals surface area contributed by atoms with Crippen molar-refractivity contribution in [3.05, 3.63) is 85.1 Å². The Labute approximate surface area is 503 Å². The van der Waals surface area contributed by atoms with E-state index in [1.807, 2.05) is 6.08 Å². The first-order valence-electron chi connectivity index (χ1n) is 35.1. The van der Waals surface area contributed by atoms with E-state index in [0.29, 0.717) is 19.3 Å². The summed E-state index contributed by atoms with van der Waals surface area (Å²) in [6, 6.07) is 0. The molecule has 0 radical (unpaired) electrons. The Morgan fingerprint density at radius 2 is 0.506 bits per heavy atom. The lowest BCUT2D eigenvalue weighted by molar-refractivity contribution is -0.166. The summed E-state index contributed by atoms with van der Waals surface area (Å²) in [4.78, 5) is 38.3. The molecule has 0 rings (SSSR count). The molecular weight excluding hydrogens is 997 g/mol. The van der Waals surface area contributed by atoms with Gasteiger partial charge in [0, 0.05) is 19.3 Å². The minimum absolute atomic E-state index is 0.0970. The highest BCUT2D eigenvalue weighted by Gasteiger charge is 2.19. The molecule has 1 atom stereocenters. The second-order valence-electron chi connectivity index (χ2n) is 23.4. The predicted molar refractivity (Wildman–Crippen MR) is 353 cm³/mol. The number of allylic oxidation sites excluding steroid dienone is 14. The topological polar surface area (TPSA) is 78.9 Å². The van der Waals surface area contributed by atoms with Crippen molar-refractivity contribution in [1.82, 2.24) is 0 Å². The number of hydrogen-bond acceptors (Lipinski definition) is 6. The van der Waals surface area contributed by atoms with Gasteiger partial charge in [-0.1, -0.05) is 318 Å². The summed E-state index contributed by atoms with van der Waals surface area (Å²) in [6.07, 6.45) is 92.2. The standard InChI is InChI=1S/C75H132O6/c1-4-7-10-13-16-19-22-25-27-29-30-31-32-33-34-35-36-37-38-39-40-41-42-43-44-46-47-50-53-56-59-62-65-68-74(77)80-71-72(70-79-73(76)67-64-61-58-55-52-49-24-21-18-15-12-9-6-3)81-75(78)69-66-63-60-57-54-51-48-45-28-26-23-20-17-14-11-8-5-2/h9,12,18,21-22,25-26,28-30,49,52,58,61,72H,4-8,10-11,13-17,19-20,23-24,27,31-48,50-51,53-57,59-60,62-71H2,1-3H3/b12-9-,21-18-,25-22-,28-26-,30-29-,52-49-,61-58-. The summed E-state index contributed by atoms with van der Waals surface area (Å²) in [5, 5.41) is 0. The highest BCUT2D eigenvalue weighted by Crippen LogP contribution is 2.18. The van der Waals surface area contributed by atoms with Gasteiger partial charge in [-0.2, -0.15) is 0 Å². The van der Waals surface area contributed by atoms with Crippen LogP contribution in [0.3, 0.4) is 0 Å². The van der Waals surface area contributed by atoms with Crippen molar-refractivity contribution in [3.8, 4) is 0 Å². The smallest absolute Gasteiger partial charge is 0.306 e. The van der Waals surface area contributed by atoms with Gasteiger partial charge in [-0.25, -0.2) is 0 Å². The summed E-state index contributed by atoms with van der Waals surface area (Å²) in [7, 11) is 0. The van der Waals surface area contributed by atoms with Crippen molar-refractivity contribution < 1.29 is 28.6 Å². The van der Waals surface area contributed by atoms with Crippen molar-refractivity contribution in [1.29, 1.82) is 0 Å². The number of unbranched alkanes of at least 4 members (excludes halogenated alkanes) is 39. The number of hydrogen-bond donors (Lipinski definition) is 0. The molecule has 0 aliphatic rings. The lowest BCUT2D eigenvalue weighted by atomic mass is 10.0. The third-order valence-corrected chi connectivity index (χ3v) is 15.4. The van der Waals surface area contributed by atoms with Crippen LogP contribution >= 0.6 is 0 Å². The third-order valence-electron chi connectivity index (χ3n) is 15.4. The fourth-order valence-electron chi connectivity index (χ4n) is 10.1. The Morgan fingerprint density at radius 3 is 0.840 bits per heavy atom. The van der Waals surface area contributed by atoms with Crippen molar-refractivity contribution in [2.75, 3.05) is 13.2 Å². The molecule has 0 spiro atoms. The number of rotatable bonds is 64. The van der Waals surface area contributed by atoms with Gasteiger partial charge in [-0.05, 0) is 103 Å². The van der Waals surface area contributed by atoms with Crippen LogP contribution < -0.4 is 0 Å². The average Bonchev–Trinajstić information content (AvgIpc) is 3.46. The number of carbonyl (C=O) groups is 3. The highest BCUT2D eigenvalue weighted by molar-refractivity contribution is 5.71. The van der Waals surface area contributed by atoms with Crippen molar-refractivity contribution in [2.45, 2.75) is 361 Å². The molecule has 81 heavy (non-hydrogen) atoms. The molecule has 0 aliphatic carbocycles. The molecule has 0 N–H and O–H groups in total. The maximum absolute atomic E-state index is 12.9. The maximum atomic E-state index is 12.9. The van der Waals surface area contributed by atoms with E-state index in [2.05, 4.69) is 99.8 Å². The lowest BCUT2D eigenvalue weighted by Crippen LogP contribution is -2.30. The van der Waals surface area contributed by atoms with Gasteiger partial charge in [-0.15, -0.1) is 0 Å². The van der Waals surface area contributed by atoms with Gasteiger partial charge >= 0.3 is 17.9 Å². The molecule has 0 aromatic rings. The van der Waals surface area contributed by atoms with Gasteiger partial charge in [0.25, 0.3) is 0 Å². The van der Waals surface area contributed by atoms with Crippen molar-refractivity contribution in [2.24, 2.45) is 0 Å². The number of esters is 3. The van der Waals surface area contributed by atoms with E-state index in [4.69, 9.17) is 14.2 Å². The first-order valence-corrected chi connectivity index (χ1v) is 35.1. The van der Waals surface area contributed by atoms with E-state index in [0.717, 1.165) is 70.6 Å². The zero-order chi connectivity index (χ0) is 58.5. The molecule has 0 saturated carbocycles. The Morgan fingerprint density at radius 1 is 0.259 bits per heavy atom. The van der Waals surface area contributed by atoms with Crippen LogP contribution in [0, 0.1) is 0 Å². The Kier molecular flexibility index (Phi) is 66.2. The molecule has 6 heteroatoms. The third kappa shape index (κ3) is 67.3. The minimum atomic E-state index is -0.807. The van der Waals surface area contributed by atoms with Gasteiger partial charge in [0.2, 0.25) is 0 Å². The molecule has 468 valence electrons. The second-order valence-corrected chi connectivity index (χ2v) is 23.4. The molecule has 0 heterocycles. The predicted octanol–water partition coefficient (Wildman–Crippen LogP) is 24.2. The molecule has 0 aromatic carbocycles. The van der Waals surface area contributed by atoms with E-state index in [9.17, 15) is 14.4 Å². The van der Waals surface area contributed by atoms with Crippen LogP contribution in [0.25, 0.3) is 0 Å². The number of carbonyl (C=O) groups excluding carboxylic acids is 3. The Bertz CT molecular complexity index is 1530. The van der Waals surface area contributed by atoms with E-state index >= 15 is 0 Å². The van der Waals surface area contributed by atoms with E-state index in [-0.39, 0.29) is 37.5 Å². The molecule has 0 amide bonds. The van der Waals surface area contributed by atoms with E-state index in [1.54, 1.807) is 0 Å². The van der Waals surface area contributed by atoms with Crippen LogP contribution in [0.15, 0.2) is 85.1 Å². The molecule has 6 nitrogen and oxygen atoms in total. The lowest BCUT2D eigenvalue weighted by Gasteiger charge is -2.18. The minimum Gasteiger partial charge on any atom is -0.462 e. The fourth-order valence-corrected chi connectivity index (χ4v) is 10.1. The van der Waals surface area contributed by atoms with Crippen LogP contribution in [-0.2, 0) is 28.6 Å². The number of ether oxygens (including phenoxy) is 3. The SMILES string of the molecule is CC/C=C\C/C=C\C/C=C\C/C=C\CCC(=O)OCC(COC(=O)CCCCCCCCCCCCCCCCCCCCCCC/C=C\C/C=C\CCCCCCC)OC(=O)CCCCCCCCC/C=C\CCCCCCCC. The normalized spacial score (nSPS) is 12.6. The maximum Gasteiger partial charge on any atom is 0.306 e. The second kappa shape index (κ2) is 69.1. The van der Waals surface area contributed by atoms with Crippen molar-refractivity contribution >= 4 is 17.9 Å². The molecule has 0 saturated heterocycles. The van der Waals surface area contributed by atoms with Gasteiger partial charge in [0.05, 0.1) is 0 Å².